The van der Waals surface area contributed by atoms with Gasteiger partial charge in [-0.15, -0.1) is 0 Å². The van der Waals surface area contributed by atoms with Crippen molar-refractivity contribution in [2.75, 3.05) is 13.2 Å². The molecule has 4 rings (SSSR count). The Kier molecular flexibility index (Phi) is 18.8. The minimum Gasteiger partial charge on any atom is -0.780 e. The molecule has 0 saturated carbocycles. The fourth-order valence-corrected chi connectivity index (χ4v) is 6.16. The van der Waals surface area contributed by atoms with Crippen molar-refractivity contribution >= 4 is 70.1 Å². The molecule has 7 heteroatoms. The van der Waals surface area contributed by atoms with Crippen LogP contribution in [0.1, 0.15) is 115 Å². The smallest absolute Gasteiger partial charge is 0.124 e. The number of rotatable bonds is 14. The summed E-state index contributed by atoms with van der Waals surface area (Å²) < 4.78 is 12.1. The molecular formula is C46H56NiO2S4-4. The summed E-state index contributed by atoms with van der Waals surface area (Å²) in [7, 11) is 0. The predicted octanol–water partition coefficient (Wildman–Crippen LogP) is 12.7. The van der Waals surface area contributed by atoms with Gasteiger partial charge in [-0.2, -0.15) is 19.6 Å². The van der Waals surface area contributed by atoms with Crippen LogP contribution in [0.3, 0.4) is 0 Å². The van der Waals surface area contributed by atoms with Crippen LogP contribution in [0.4, 0.5) is 0 Å². The topological polar surface area (TPSA) is 18.5 Å². The van der Waals surface area contributed by atoms with Gasteiger partial charge < -0.3 is 60.0 Å². The van der Waals surface area contributed by atoms with E-state index in [1.165, 1.54) is 11.1 Å². The second kappa shape index (κ2) is 21.4. The molecule has 290 valence electrons. The Labute approximate surface area is 353 Å². The van der Waals surface area contributed by atoms with Crippen LogP contribution < -0.4 is 9.47 Å². The van der Waals surface area contributed by atoms with Crippen LogP contribution in [0.25, 0.3) is 19.6 Å². The van der Waals surface area contributed by atoms with E-state index in [-0.39, 0.29) is 27.3 Å². The van der Waals surface area contributed by atoms with Gasteiger partial charge in [0, 0.05) is 16.5 Å². The molecule has 0 aliphatic rings. The predicted molar refractivity (Wildman–Crippen MR) is 236 cm³/mol. The summed E-state index contributed by atoms with van der Waals surface area (Å²) in [4.78, 5) is 2.75. The van der Waals surface area contributed by atoms with Gasteiger partial charge in [0.1, 0.15) is 11.5 Å². The zero-order valence-electron chi connectivity index (χ0n) is 33.0. The Hall–Kier alpha value is -2.67. The van der Waals surface area contributed by atoms with Crippen molar-refractivity contribution < 1.29 is 26.0 Å². The van der Waals surface area contributed by atoms with Crippen molar-refractivity contribution in [1.82, 2.24) is 0 Å². The molecule has 53 heavy (non-hydrogen) atoms. The van der Waals surface area contributed by atoms with E-state index in [0.29, 0.717) is 44.7 Å². The van der Waals surface area contributed by atoms with Gasteiger partial charge in [-0.3, -0.25) is 0 Å². The molecule has 0 fully saturated rings. The first-order valence-corrected chi connectivity index (χ1v) is 20.0. The van der Waals surface area contributed by atoms with Crippen LogP contribution in [0.15, 0.2) is 97.1 Å². The molecule has 0 aliphatic heterocycles. The Morgan fingerprint density at radius 2 is 0.830 bits per heavy atom. The van der Waals surface area contributed by atoms with Crippen molar-refractivity contribution in [3.05, 3.63) is 130 Å². The molecule has 4 aromatic carbocycles. The van der Waals surface area contributed by atoms with E-state index in [9.17, 15) is 0 Å². The molecule has 0 unspecified atom stereocenters. The zero-order valence-corrected chi connectivity index (χ0v) is 37.2. The molecule has 0 aliphatic carbocycles. The number of benzene rings is 4. The maximum Gasteiger partial charge on any atom is 0.124 e. The summed E-state index contributed by atoms with van der Waals surface area (Å²) in [6.45, 7) is 23.3. The summed E-state index contributed by atoms with van der Waals surface area (Å²) in [6.07, 6.45) is 2.10. The minimum atomic E-state index is 0. The second-order valence-electron chi connectivity index (χ2n) is 15.4. The first-order chi connectivity index (χ1) is 24.5. The Bertz CT molecular complexity index is 1660. The van der Waals surface area contributed by atoms with E-state index in [2.05, 4.69) is 93.5 Å². The largest absolute Gasteiger partial charge is 0.780 e. The SMILES string of the molecule is CCC(C)(C)c1ccc(OCC(C)C)c(/C([S-])=C(/[S-])c2ccccc2)c1.CCC(C)(C)c1ccc(OCC(C)C)c(/C([S-])=C(/[S-])c2ccccc2)c1.[Ni]. The molecule has 0 bridgehead atoms. The summed E-state index contributed by atoms with van der Waals surface area (Å²) >= 11 is 23.0. The van der Waals surface area contributed by atoms with Crippen molar-refractivity contribution in [3.8, 4) is 11.5 Å². The zero-order chi connectivity index (χ0) is 38.6. The van der Waals surface area contributed by atoms with Gasteiger partial charge in [0.2, 0.25) is 0 Å². The molecule has 2 nitrogen and oxygen atoms in total. The van der Waals surface area contributed by atoms with Crippen molar-refractivity contribution in [2.24, 2.45) is 11.8 Å². The van der Waals surface area contributed by atoms with Crippen molar-refractivity contribution in [2.45, 2.75) is 92.9 Å². The van der Waals surface area contributed by atoms with E-state index < -0.39 is 0 Å². The molecule has 4 aromatic rings. The quantitative estimate of drug-likeness (QED) is 0.0711. The number of hydrogen-bond acceptors (Lipinski definition) is 6. The van der Waals surface area contributed by atoms with E-state index in [1.54, 1.807) is 0 Å². The van der Waals surface area contributed by atoms with E-state index >= 15 is 0 Å². The van der Waals surface area contributed by atoms with Crippen LogP contribution in [0, 0.1) is 11.8 Å². The van der Waals surface area contributed by atoms with Gasteiger partial charge in [-0.1, -0.05) is 142 Å². The van der Waals surface area contributed by atoms with Crippen LogP contribution >= 0.6 is 0 Å². The van der Waals surface area contributed by atoms with Crippen LogP contribution in [-0.2, 0) is 77.8 Å². The van der Waals surface area contributed by atoms with Crippen molar-refractivity contribution in [1.29, 1.82) is 0 Å². The molecule has 0 amide bonds. The van der Waals surface area contributed by atoms with Gasteiger partial charge >= 0.3 is 0 Å². The molecule has 0 N–H and O–H groups in total. The van der Waals surface area contributed by atoms with E-state index in [4.69, 9.17) is 60.0 Å². The Balaban J connectivity index is 0.000000360. The maximum atomic E-state index is 6.06. The Morgan fingerprint density at radius 3 is 1.11 bits per heavy atom. The monoisotopic (exact) mass is 826 g/mol. The van der Waals surface area contributed by atoms with E-state index in [0.717, 1.165) is 46.6 Å². The summed E-state index contributed by atoms with van der Waals surface area (Å²) in [5, 5.41) is 0. The van der Waals surface area contributed by atoms with Gasteiger partial charge in [0.05, 0.1) is 13.2 Å². The van der Waals surface area contributed by atoms with Gasteiger partial charge in [0.15, 0.2) is 0 Å². The van der Waals surface area contributed by atoms with Crippen LogP contribution in [0.5, 0.6) is 11.5 Å². The number of ether oxygens (including phenoxy) is 2. The molecule has 0 spiro atoms. The Morgan fingerprint density at radius 1 is 0.509 bits per heavy atom. The first kappa shape index (κ1) is 46.5. The third-order valence-corrected chi connectivity index (χ3v) is 11.4. The van der Waals surface area contributed by atoms with Gasteiger partial charge in [0.25, 0.3) is 0 Å². The minimum absolute atomic E-state index is 0. The molecule has 0 heterocycles. The normalized spacial score (nSPS) is 12.6. The van der Waals surface area contributed by atoms with Crippen molar-refractivity contribution in [3.63, 3.8) is 0 Å². The average Bonchev–Trinajstić information content (AvgIpc) is 3.15. The third-order valence-electron chi connectivity index (χ3n) is 9.41. The average molecular weight is 828 g/mol. The maximum absolute atomic E-state index is 6.06. The van der Waals surface area contributed by atoms with Gasteiger partial charge in [-0.25, -0.2) is 0 Å². The second-order valence-corrected chi connectivity index (χ2v) is 17.0. The molecule has 0 aromatic heterocycles. The third kappa shape index (κ3) is 13.3. The summed E-state index contributed by atoms with van der Waals surface area (Å²) in [5.41, 5.74) is 6.46. The summed E-state index contributed by atoms with van der Waals surface area (Å²) in [5.74, 6) is 2.53. The fraction of sp³-hybridized carbons (Fsp3) is 0.391. The summed E-state index contributed by atoms with van der Waals surface area (Å²) in [6, 6.07) is 32.6. The molecule has 0 saturated heterocycles. The molecular weight excluding hydrogens is 771 g/mol. The molecule has 0 radical (unpaired) electrons. The molecule has 0 atom stereocenters. The standard InChI is InChI=1S/2C23H30OS2.Ni/c2*1-6-23(4,5)18-12-13-20(24-15-16(2)3)19(14-18)22(26)21(25)17-10-8-7-9-11-17;/h2*7-14,16,25-26H,6,15H2,1-5H3;/p-4/b2*22-21-;. The van der Waals surface area contributed by atoms with Gasteiger partial charge in [-0.05, 0) is 93.2 Å². The fourth-order valence-electron chi connectivity index (χ4n) is 5.12. The van der Waals surface area contributed by atoms with Crippen LogP contribution in [-0.4, -0.2) is 13.2 Å². The number of hydrogen-bond donors (Lipinski definition) is 0. The van der Waals surface area contributed by atoms with E-state index in [1.807, 2.05) is 72.8 Å². The van der Waals surface area contributed by atoms with Crippen LogP contribution in [0.2, 0.25) is 0 Å². The first-order valence-electron chi connectivity index (χ1n) is 18.3.